The molecule has 0 amide bonds. The van der Waals surface area contributed by atoms with Gasteiger partial charge in [-0.05, 0) is 31.9 Å². The Kier molecular flexibility index (Phi) is 7.40. The van der Waals surface area contributed by atoms with Crippen LogP contribution in [0.15, 0.2) is 54.6 Å². The van der Waals surface area contributed by atoms with Crippen molar-refractivity contribution >= 4 is 26.1 Å². The Hall–Kier alpha value is -1.72. The minimum atomic E-state index is -2.81. The normalized spacial score (nSPS) is 12.0. The van der Waals surface area contributed by atoms with E-state index in [0.29, 0.717) is 19.8 Å². The minimum Gasteiger partial charge on any atom is -0.370 e. The topological polar surface area (TPSA) is 27.7 Å². The lowest BCUT2D eigenvalue weighted by Gasteiger charge is -2.28. The van der Waals surface area contributed by atoms with Crippen LogP contribution in [0.5, 0.6) is 0 Å². The maximum absolute atomic E-state index is 5.94. The van der Waals surface area contributed by atoms with Gasteiger partial charge in [0, 0.05) is 25.0 Å². The van der Waals surface area contributed by atoms with Crippen molar-refractivity contribution in [3.8, 4) is 0 Å². The quantitative estimate of drug-likeness (QED) is 0.507. The van der Waals surface area contributed by atoms with Gasteiger partial charge in [-0.2, -0.15) is 0 Å². The third-order valence-electron chi connectivity index (χ3n) is 3.54. The predicted octanol–water partition coefficient (Wildman–Crippen LogP) is 4.11. The Bertz CT molecular complexity index is 606. The molecule has 0 saturated carbocycles. The van der Waals surface area contributed by atoms with Gasteiger partial charge in [-0.25, -0.2) is 0 Å². The average Bonchev–Trinajstić information content (AvgIpc) is 2.62. The fourth-order valence-corrected chi connectivity index (χ4v) is 4.97. The summed E-state index contributed by atoms with van der Waals surface area (Å²) < 4.78 is 17.8. The van der Waals surface area contributed by atoms with Crippen molar-refractivity contribution in [2.24, 2.45) is 0 Å². The molecule has 0 aliphatic carbocycles. The van der Waals surface area contributed by atoms with Crippen LogP contribution in [0, 0.1) is 0 Å². The van der Waals surface area contributed by atoms with E-state index in [1.807, 2.05) is 39.0 Å². The summed E-state index contributed by atoms with van der Waals surface area (Å²) in [4.78, 5) is 0. The molecule has 0 saturated heterocycles. The highest BCUT2D eigenvalue weighted by Gasteiger charge is 2.42. The van der Waals surface area contributed by atoms with E-state index >= 15 is 0 Å². The Balaban J connectivity index is 2.20. The zero-order valence-electron chi connectivity index (χ0n) is 14.7. The van der Waals surface area contributed by atoms with Crippen molar-refractivity contribution in [2.45, 2.75) is 20.8 Å². The van der Waals surface area contributed by atoms with Crippen LogP contribution in [0.4, 0.5) is 0 Å². The lowest BCUT2D eigenvalue weighted by atomic mass is 10.1. The van der Waals surface area contributed by atoms with Crippen molar-refractivity contribution in [3.05, 3.63) is 65.7 Å². The van der Waals surface area contributed by atoms with Gasteiger partial charge in [0.25, 0.3) is 0 Å². The summed E-state index contributed by atoms with van der Waals surface area (Å²) in [5.41, 5.74) is 2.32. The molecule has 0 radical (unpaired) electrons. The summed E-state index contributed by atoms with van der Waals surface area (Å²) in [5, 5.41) is 1.00. The van der Waals surface area contributed by atoms with Gasteiger partial charge in [-0.1, -0.05) is 66.7 Å². The van der Waals surface area contributed by atoms with Crippen molar-refractivity contribution < 1.29 is 13.3 Å². The van der Waals surface area contributed by atoms with E-state index in [1.54, 1.807) is 0 Å². The molecule has 4 heteroatoms. The number of hydrogen-bond acceptors (Lipinski definition) is 3. The fourth-order valence-electron chi connectivity index (χ4n) is 2.50. The maximum Gasteiger partial charge on any atom is 0.537 e. The first kappa shape index (κ1) is 18.6. The van der Waals surface area contributed by atoms with Crippen LogP contribution in [0.25, 0.3) is 12.2 Å². The molecule has 2 rings (SSSR count). The van der Waals surface area contributed by atoms with Gasteiger partial charge < -0.3 is 13.3 Å². The van der Waals surface area contributed by atoms with Crippen molar-refractivity contribution in [3.63, 3.8) is 0 Å². The predicted molar refractivity (Wildman–Crippen MR) is 102 cm³/mol. The lowest BCUT2D eigenvalue weighted by molar-refractivity contribution is 0.0859. The Morgan fingerprint density at radius 1 is 0.667 bits per heavy atom. The summed E-state index contributed by atoms with van der Waals surface area (Å²) in [5.74, 6) is 0. The summed E-state index contributed by atoms with van der Waals surface area (Å²) in [6.07, 6.45) is 4.21. The molecule has 3 nitrogen and oxygen atoms in total. The fraction of sp³-hybridized carbons (Fsp3) is 0.300. The molecule has 0 fully saturated rings. The van der Waals surface area contributed by atoms with E-state index < -0.39 is 8.80 Å². The largest absolute Gasteiger partial charge is 0.537 e. The first-order valence-corrected chi connectivity index (χ1v) is 10.2. The number of benzene rings is 2. The van der Waals surface area contributed by atoms with Crippen LogP contribution < -0.4 is 5.19 Å². The van der Waals surface area contributed by atoms with Crippen LogP contribution in [-0.2, 0) is 13.3 Å². The standard InChI is InChI=1S/C20H26O3Si/c1-4-21-24(22-5-2,23-6-3)20-16-14-19(15-17-20)13-12-18-10-8-7-9-11-18/h7-17H,4-6H2,1-3H3. The molecule has 0 aromatic heterocycles. The van der Waals surface area contributed by atoms with Crippen molar-refractivity contribution in [2.75, 3.05) is 19.8 Å². The van der Waals surface area contributed by atoms with E-state index in [2.05, 4.69) is 48.6 Å². The summed E-state index contributed by atoms with van der Waals surface area (Å²) in [6.45, 7) is 7.62. The van der Waals surface area contributed by atoms with Gasteiger partial charge in [-0.3, -0.25) is 0 Å². The highest BCUT2D eigenvalue weighted by atomic mass is 28.4. The number of hydrogen-bond donors (Lipinski definition) is 0. The Morgan fingerprint density at radius 3 is 1.58 bits per heavy atom. The molecular weight excluding hydrogens is 316 g/mol. The first-order chi connectivity index (χ1) is 11.7. The molecule has 0 spiro atoms. The molecule has 2 aromatic rings. The molecule has 128 valence electrons. The van der Waals surface area contributed by atoms with Crippen molar-refractivity contribution in [1.82, 2.24) is 0 Å². The van der Waals surface area contributed by atoms with Crippen LogP contribution in [0.1, 0.15) is 31.9 Å². The Labute approximate surface area is 146 Å². The van der Waals surface area contributed by atoms with E-state index in [0.717, 1.165) is 10.8 Å². The van der Waals surface area contributed by atoms with Gasteiger partial charge in [0.05, 0.1) is 0 Å². The molecule has 0 atom stereocenters. The van der Waals surface area contributed by atoms with E-state index in [-0.39, 0.29) is 0 Å². The smallest absolute Gasteiger partial charge is 0.370 e. The highest BCUT2D eigenvalue weighted by molar-refractivity contribution is 6.75. The van der Waals surface area contributed by atoms with Gasteiger partial charge in [0.2, 0.25) is 0 Å². The SMILES string of the molecule is CCO[Si](OCC)(OCC)c1ccc(C=Cc2ccccc2)cc1. The molecule has 0 aliphatic rings. The minimum absolute atomic E-state index is 0.571. The zero-order valence-corrected chi connectivity index (χ0v) is 15.7. The Morgan fingerprint density at radius 2 is 1.12 bits per heavy atom. The maximum atomic E-state index is 5.94. The average molecular weight is 343 g/mol. The first-order valence-electron chi connectivity index (χ1n) is 8.49. The second-order valence-electron chi connectivity index (χ2n) is 5.22. The summed E-state index contributed by atoms with van der Waals surface area (Å²) in [6, 6.07) is 18.5. The molecule has 0 unspecified atom stereocenters. The number of rotatable bonds is 9. The summed E-state index contributed by atoms with van der Waals surface area (Å²) >= 11 is 0. The third-order valence-corrected chi connectivity index (χ3v) is 6.58. The van der Waals surface area contributed by atoms with E-state index in [4.69, 9.17) is 13.3 Å². The van der Waals surface area contributed by atoms with Crippen LogP contribution in [0.3, 0.4) is 0 Å². The second kappa shape index (κ2) is 9.54. The summed E-state index contributed by atoms with van der Waals surface area (Å²) in [7, 11) is -2.81. The van der Waals surface area contributed by atoms with Gasteiger partial charge in [-0.15, -0.1) is 0 Å². The van der Waals surface area contributed by atoms with E-state index in [1.165, 1.54) is 5.56 Å². The molecule has 24 heavy (non-hydrogen) atoms. The molecular formula is C20H26O3Si. The van der Waals surface area contributed by atoms with Gasteiger partial charge in [0.1, 0.15) is 0 Å². The molecule has 0 bridgehead atoms. The molecule has 0 N–H and O–H groups in total. The van der Waals surface area contributed by atoms with Crippen LogP contribution in [0.2, 0.25) is 0 Å². The van der Waals surface area contributed by atoms with Crippen LogP contribution >= 0.6 is 0 Å². The van der Waals surface area contributed by atoms with Gasteiger partial charge >= 0.3 is 8.80 Å². The van der Waals surface area contributed by atoms with E-state index in [9.17, 15) is 0 Å². The van der Waals surface area contributed by atoms with Gasteiger partial charge in [0.15, 0.2) is 0 Å². The third kappa shape index (κ3) is 4.88. The molecule has 0 heterocycles. The van der Waals surface area contributed by atoms with Crippen molar-refractivity contribution in [1.29, 1.82) is 0 Å². The monoisotopic (exact) mass is 342 g/mol. The van der Waals surface area contributed by atoms with Crippen LogP contribution in [-0.4, -0.2) is 28.6 Å². The highest BCUT2D eigenvalue weighted by Crippen LogP contribution is 2.13. The lowest BCUT2D eigenvalue weighted by Crippen LogP contribution is -2.56. The molecule has 0 aliphatic heterocycles. The second-order valence-corrected chi connectivity index (χ2v) is 7.78. The molecule has 2 aromatic carbocycles. The zero-order chi connectivity index (χ0) is 17.3.